The highest BCUT2D eigenvalue weighted by Crippen LogP contribution is 2.48. The van der Waals surface area contributed by atoms with Crippen LogP contribution in [0.15, 0.2) is 95.8 Å². The molecular weight excluding hydrogens is 529 g/mol. The molecule has 1 N–H and O–H groups in total. The molecule has 1 aliphatic carbocycles. The highest BCUT2D eigenvalue weighted by molar-refractivity contribution is 5.85. The molecular formula is C33H25F3N2O3. The molecule has 0 radical (unpaired) electrons. The maximum absolute atomic E-state index is 13.2. The van der Waals surface area contributed by atoms with E-state index in [9.17, 15) is 23.1 Å². The number of alkyl halides is 3. The molecule has 5 aromatic rings. The Morgan fingerprint density at radius 2 is 1.54 bits per heavy atom. The van der Waals surface area contributed by atoms with Crippen LogP contribution in [0.25, 0.3) is 33.6 Å². The van der Waals surface area contributed by atoms with E-state index in [1.54, 1.807) is 18.5 Å². The summed E-state index contributed by atoms with van der Waals surface area (Å²) in [5.41, 5.74) is 5.64. The largest absolute Gasteiger partial charge is 0.481 e. The number of carbonyl (C=O) groups is 1. The van der Waals surface area contributed by atoms with E-state index in [1.807, 2.05) is 61.5 Å². The fourth-order valence-corrected chi connectivity index (χ4v) is 5.19. The zero-order valence-electron chi connectivity index (χ0n) is 22.1. The molecule has 1 aliphatic rings. The van der Waals surface area contributed by atoms with Gasteiger partial charge in [-0.3, -0.25) is 9.78 Å². The number of carboxylic acid groups (broad SMARTS) is 1. The highest BCUT2D eigenvalue weighted by atomic mass is 19.4. The number of hydrogen-bond acceptors (Lipinski definition) is 4. The maximum atomic E-state index is 13.2. The molecule has 1 saturated carbocycles. The van der Waals surface area contributed by atoms with Crippen LogP contribution in [-0.4, -0.2) is 21.2 Å². The van der Waals surface area contributed by atoms with E-state index in [4.69, 9.17) is 4.52 Å². The second-order valence-electron chi connectivity index (χ2n) is 10.5. The van der Waals surface area contributed by atoms with E-state index in [-0.39, 0.29) is 0 Å². The van der Waals surface area contributed by atoms with Crippen molar-refractivity contribution in [3.8, 4) is 33.6 Å². The van der Waals surface area contributed by atoms with Crippen LogP contribution in [0.5, 0.6) is 0 Å². The van der Waals surface area contributed by atoms with Gasteiger partial charge in [-0.25, -0.2) is 0 Å². The summed E-state index contributed by atoms with van der Waals surface area (Å²) >= 11 is 0. The third kappa shape index (κ3) is 5.13. The molecule has 0 aliphatic heterocycles. The summed E-state index contributed by atoms with van der Waals surface area (Å²) in [5, 5.41) is 13.7. The van der Waals surface area contributed by atoms with Crippen LogP contribution in [-0.2, 0) is 22.8 Å². The van der Waals surface area contributed by atoms with Crippen molar-refractivity contribution < 1.29 is 27.6 Å². The second kappa shape index (κ2) is 10.0. The van der Waals surface area contributed by atoms with E-state index < -0.39 is 23.1 Å². The Bertz CT molecular complexity index is 1740. The van der Waals surface area contributed by atoms with Gasteiger partial charge in [0.15, 0.2) is 5.76 Å². The van der Waals surface area contributed by atoms with Gasteiger partial charge in [-0.1, -0.05) is 65.8 Å². The van der Waals surface area contributed by atoms with Gasteiger partial charge >= 0.3 is 12.1 Å². The third-order valence-corrected chi connectivity index (χ3v) is 7.76. The summed E-state index contributed by atoms with van der Waals surface area (Å²) in [6, 6.07) is 22.6. The number of aliphatic carboxylic acids is 1. The lowest BCUT2D eigenvalue weighted by atomic mass is 9.93. The van der Waals surface area contributed by atoms with E-state index in [2.05, 4.69) is 10.1 Å². The molecule has 6 rings (SSSR count). The molecule has 1 fully saturated rings. The zero-order chi connectivity index (χ0) is 28.8. The fourth-order valence-electron chi connectivity index (χ4n) is 5.19. The van der Waals surface area contributed by atoms with Crippen molar-refractivity contribution in [1.29, 1.82) is 0 Å². The van der Waals surface area contributed by atoms with Crippen LogP contribution in [0.2, 0.25) is 0 Å². The second-order valence-corrected chi connectivity index (χ2v) is 10.5. The molecule has 5 nitrogen and oxygen atoms in total. The monoisotopic (exact) mass is 554 g/mol. The number of aryl methyl sites for hydroxylation is 1. The molecule has 8 heteroatoms. The van der Waals surface area contributed by atoms with E-state index in [0.29, 0.717) is 36.1 Å². The van der Waals surface area contributed by atoms with Gasteiger partial charge in [-0.2, -0.15) is 13.2 Å². The van der Waals surface area contributed by atoms with Gasteiger partial charge in [0.05, 0.1) is 16.7 Å². The molecule has 0 spiro atoms. The zero-order valence-corrected chi connectivity index (χ0v) is 22.1. The van der Waals surface area contributed by atoms with Gasteiger partial charge in [0, 0.05) is 35.5 Å². The number of nitrogens with zero attached hydrogens (tertiary/aromatic N) is 2. The van der Waals surface area contributed by atoms with Crippen molar-refractivity contribution in [2.45, 2.75) is 37.8 Å². The Kier molecular flexibility index (Phi) is 6.49. The Morgan fingerprint density at radius 1 is 0.878 bits per heavy atom. The molecule has 0 unspecified atom stereocenters. The lowest BCUT2D eigenvalue weighted by molar-refractivity contribution is -0.140. The minimum atomic E-state index is -4.42. The average Bonchev–Trinajstić information content (AvgIpc) is 3.72. The number of hydrogen-bond donors (Lipinski definition) is 1. The third-order valence-electron chi connectivity index (χ3n) is 7.76. The van der Waals surface area contributed by atoms with Gasteiger partial charge in [0.2, 0.25) is 0 Å². The number of rotatable bonds is 7. The first kappa shape index (κ1) is 26.5. The average molecular weight is 555 g/mol. The summed E-state index contributed by atoms with van der Waals surface area (Å²) < 4.78 is 45.4. The Balaban J connectivity index is 1.23. The number of halogens is 3. The molecule has 41 heavy (non-hydrogen) atoms. The predicted octanol–water partition coefficient (Wildman–Crippen LogP) is 8.10. The minimum Gasteiger partial charge on any atom is -0.481 e. The van der Waals surface area contributed by atoms with Crippen LogP contribution < -0.4 is 0 Å². The first-order chi connectivity index (χ1) is 19.6. The number of benzene rings is 3. The van der Waals surface area contributed by atoms with Crippen LogP contribution >= 0.6 is 0 Å². The highest BCUT2D eigenvalue weighted by Gasteiger charge is 2.51. The SMILES string of the molecule is Cc1noc(-c2ccc(-c3ccc(C4(C(=O)O)CC4)cc3)cc2)c1Cc1cncc(-c2cccc(C(F)(F)F)c2)c1. The summed E-state index contributed by atoms with van der Waals surface area (Å²) in [6.07, 6.45) is 0.600. The molecule has 0 saturated heterocycles. The first-order valence-corrected chi connectivity index (χ1v) is 13.2. The van der Waals surface area contributed by atoms with Crippen molar-refractivity contribution in [3.05, 3.63) is 119 Å². The summed E-state index contributed by atoms with van der Waals surface area (Å²) in [4.78, 5) is 15.9. The van der Waals surface area contributed by atoms with Crippen molar-refractivity contribution in [1.82, 2.24) is 10.1 Å². The quantitative estimate of drug-likeness (QED) is 0.220. The molecule has 2 aromatic heterocycles. The molecule has 0 bridgehead atoms. The molecule has 3 aromatic carbocycles. The minimum absolute atomic E-state index is 0.440. The van der Waals surface area contributed by atoms with Crippen LogP contribution in [0.3, 0.4) is 0 Å². The lowest BCUT2D eigenvalue weighted by Crippen LogP contribution is -2.19. The maximum Gasteiger partial charge on any atom is 0.416 e. The van der Waals surface area contributed by atoms with Crippen LogP contribution in [0, 0.1) is 6.92 Å². The van der Waals surface area contributed by atoms with Gasteiger partial charge in [-0.05, 0) is 65.8 Å². The van der Waals surface area contributed by atoms with Crippen molar-refractivity contribution in [2.75, 3.05) is 0 Å². The molecule has 2 heterocycles. The molecule has 0 atom stereocenters. The predicted molar refractivity (Wildman–Crippen MR) is 148 cm³/mol. The number of aromatic nitrogens is 2. The Morgan fingerprint density at radius 3 is 2.17 bits per heavy atom. The first-order valence-electron chi connectivity index (χ1n) is 13.2. The Labute approximate surface area is 234 Å². The summed E-state index contributed by atoms with van der Waals surface area (Å²) in [6.45, 7) is 1.85. The van der Waals surface area contributed by atoms with Crippen LogP contribution in [0.1, 0.15) is 40.8 Å². The Hall–Kier alpha value is -4.72. The van der Waals surface area contributed by atoms with E-state index in [1.165, 1.54) is 6.07 Å². The summed E-state index contributed by atoms with van der Waals surface area (Å²) in [7, 11) is 0. The normalized spacial score (nSPS) is 14.1. The topological polar surface area (TPSA) is 76.2 Å². The van der Waals surface area contributed by atoms with E-state index >= 15 is 0 Å². The van der Waals surface area contributed by atoms with Gasteiger partial charge in [-0.15, -0.1) is 0 Å². The van der Waals surface area contributed by atoms with Gasteiger partial charge < -0.3 is 9.63 Å². The van der Waals surface area contributed by atoms with Gasteiger partial charge in [0.1, 0.15) is 0 Å². The number of pyridine rings is 1. The fraction of sp³-hybridized carbons (Fsp3) is 0.182. The lowest BCUT2D eigenvalue weighted by Gasteiger charge is -2.11. The van der Waals surface area contributed by atoms with E-state index in [0.717, 1.165) is 51.2 Å². The van der Waals surface area contributed by atoms with Crippen molar-refractivity contribution in [2.24, 2.45) is 0 Å². The summed E-state index contributed by atoms with van der Waals surface area (Å²) in [5.74, 6) is -0.156. The van der Waals surface area contributed by atoms with Gasteiger partial charge in [0.25, 0.3) is 0 Å². The smallest absolute Gasteiger partial charge is 0.416 e. The van der Waals surface area contributed by atoms with Crippen molar-refractivity contribution in [3.63, 3.8) is 0 Å². The van der Waals surface area contributed by atoms with Crippen LogP contribution in [0.4, 0.5) is 13.2 Å². The molecule has 0 amide bonds. The number of carboxylic acids is 1. The van der Waals surface area contributed by atoms with Crippen molar-refractivity contribution >= 4 is 5.97 Å². The standard InChI is InChI=1S/C33H25F3N2O3/c1-20-29(16-21-15-26(19-37-18-21)25-3-2-4-28(17-25)33(34,35)36)30(41-38-20)24-7-5-22(6-8-24)23-9-11-27(12-10-23)32(13-14-32)31(39)40/h2-12,15,17-19H,13-14,16H2,1H3,(H,39,40). The molecule has 206 valence electrons.